The smallest absolute Gasteiger partial charge is 0.0541 e. The zero-order chi connectivity index (χ0) is 11.7. The minimum atomic E-state index is 0.259. The average molecular weight is 222 g/mol. The molecule has 2 heterocycles. The Hall–Kier alpha value is -0.870. The zero-order valence-corrected chi connectivity index (χ0v) is 10.5. The van der Waals surface area contributed by atoms with Crippen molar-refractivity contribution in [2.75, 3.05) is 13.1 Å². The third-order valence-electron chi connectivity index (χ3n) is 3.65. The van der Waals surface area contributed by atoms with Crippen LogP contribution < -0.4 is 5.73 Å². The first-order valence-electron chi connectivity index (χ1n) is 6.13. The summed E-state index contributed by atoms with van der Waals surface area (Å²) in [5, 5.41) is 4.32. The number of nitrogens with zero attached hydrogens (tertiary/aromatic N) is 3. The summed E-state index contributed by atoms with van der Waals surface area (Å²) < 4.78 is 1.94. The number of likely N-dealkylation sites (tertiary alicyclic amines) is 1. The van der Waals surface area contributed by atoms with Gasteiger partial charge in [-0.15, -0.1) is 0 Å². The van der Waals surface area contributed by atoms with Crippen molar-refractivity contribution in [1.29, 1.82) is 0 Å². The number of aromatic nitrogens is 2. The van der Waals surface area contributed by atoms with Gasteiger partial charge in [-0.25, -0.2) is 0 Å². The van der Waals surface area contributed by atoms with Crippen LogP contribution in [-0.4, -0.2) is 33.8 Å². The number of hydrogen-bond donors (Lipinski definition) is 1. The van der Waals surface area contributed by atoms with Gasteiger partial charge in [0.25, 0.3) is 0 Å². The van der Waals surface area contributed by atoms with Crippen LogP contribution in [0.3, 0.4) is 0 Å². The van der Waals surface area contributed by atoms with Crippen molar-refractivity contribution in [2.45, 2.75) is 38.8 Å². The topological polar surface area (TPSA) is 47.1 Å². The van der Waals surface area contributed by atoms with Crippen molar-refractivity contribution in [2.24, 2.45) is 12.8 Å². The predicted molar refractivity (Wildman–Crippen MR) is 65.1 cm³/mol. The summed E-state index contributed by atoms with van der Waals surface area (Å²) >= 11 is 0. The molecular formula is C12H22N4. The number of hydrogen-bond acceptors (Lipinski definition) is 3. The molecule has 16 heavy (non-hydrogen) atoms. The van der Waals surface area contributed by atoms with Crippen molar-refractivity contribution in [3.63, 3.8) is 0 Å². The van der Waals surface area contributed by atoms with Crippen LogP contribution in [0.1, 0.15) is 37.1 Å². The summed E-state index contributed by atoms with van der Waals surface area (Å²) in [5.74, 6) is 0. The highest BCUT2D eigenvalue weighted by molar-refractivity contribution is 5.23. The molecule has 2 atom stereocenters. The van der Waals surface area contributed by atoms with E-state index in [9.17, 15) is 0 Å². The van der Waals surface area contributed by atoms with E-state index in [2.05, 4.69) is 23.8 Å². The summed E-state index contributed by atoms with van der Waals surface area (Å²) in [4.78, 5) is 2.49. The SMILES string of the molecule is CCCN1CC[C@H](N)[C@H]1c1cnn(C)c1C. The van der Waals surface area contributed by atoms with Crippen molar-refractivity contribution in [3.8, 4) is 0 Å². The Bertz CT molecular complexity index is 356. The van der Waals surface area contributed by atoms with Crippen LogP contribution in [0.15, 0.2) is 6.20 Å². The van der Waals surface area contributed by atoms with Crippen LogP contribution in [0.4, 0.5) is 0 Å². The van der Waals surface area contributed by atoms with E-state index in [1.165, 1.54) is 17.7 Å². The van der Waals surface area contributed by atoms with Gasteiger partial charge in [-0.3, -0.25) is 9.58 Å². The van der Waals surface area contributed by atoms with E-state index in [1.54, 1.807) is 0 Å². The highest BCUT2D eigenvalue weighted by Gasteiger charge is 2.34. The third kappa shape index (κ3) is 1.87. The molecule has 4 heteroatoms. The molecule has 1 aliphatic rings. The van der Waals surface area contributed by atoms with Crippen molar-refractivity contribution in [3.05, 3.63) is 17.5 Å². The molecule has 90 valence electrons. The minimum absolute atomic E-state index is 0.259. The van der Waals surface area contributed by atoms with Crippen LogP contribution in [0.25, 0.3) is 0 Å². The fraction of sp³-hybridized carbons (Fsp3) is 0.750. The van der Waals surface area contributed by atoms with Crippen LogP contribution in [0.5, 0.6) is 0 Å². The molecule has 1 fully saturated rings. The molecule has 0 bridgehead atoms. The van der Waals surface area contributed by atoms with E-state index < -0.39 is 0 Å². The molecule has 2 rings (SSSR count). The molecule has 1 aromatic rings. The van der Waals surface area contributed by atoms with Crippen LogP contribution in [-0.2, 0) is 7.05 Å². The molecule has 1 aromatic heterocycles. The predicted octanol–water partition coefficient (Wildman–Crippen LogP) is 1.21. The summed E-state index contributed by atoms with van der Waals surface area (Å²) in [6.45, 7) is 6.59. The van der Waals surface area contributed by atoms with E-state index in [0.717, 1.165) is 19.5 Å². The molecule has 0 aliphatic carbocycles. The lowest BCUT2D eigenvalue weighted by molar-refractivity contribution is 0.247. The third-order valence-corrected chi connectivity index (χ3v) is 3.65. The van der Waals surface area contributed by atoms with Gasteiger partial charge in [0.1, 0.15) is 0 Å². The van der Waals surface area contributed by atoms with Gasteiger partial charge in [-0.05, 0) is 26.3 Å². The molecule has 1 aliphatic heterocycles. The average Bonchev–Trinajstić information content (AvgIpc) is 2.75. The molecule has 0 saturated carbocycles. The minimum Gasteiger partial charge on any atom is -0.326 e. The molecule has 1 saturated heterocycles. The quantitative estimate of drug-likeness (QED) is 0.836. The summed E-state index contributed by atoms with van der Waals surface area (Å²) in [6, 6.07) is 0.628. The van der Waals surface area contributed by atoms with Crippen LogP contribution in [0.2, 0.25) is 0 Å². The molecule has 0 aromatic carbocycles. The van der Waals surface area contributed by atoms with Gasteiger partial charge in [-0.2, -0.15) is 5.10 Å². The molecule has 0 radical (unpaired) electrons. The van der Waals surface area contributed by atoms with Gasteiger partial charge >= 0.3 is 0 Å². The highest BCUT2D eigenvalue weighted by Crippen LogP contribution is 2.32. The Balaban J connectivity index is 2.26. The second-order valence-electron chi connectivity index (χ2n) is 4.74. The number of rotatable bonds is 3. The lowest BCUT2D eigenvalue weighted by Gasteiger charge is -2.26. The summed E-state index contributed by atoms with van der Waals surface area (Å²) in [7, 11) is 1.99. The molecule has 4 nitrogen and oxygen atoms in total. The van der Waals surface area contributed by atoms with Crippen molar-refractivity contribution < 1.29 is 0 Å². The molecule has 0 amide bonds. The van der Waals surface area contributed by atoms with E-state index in [4.69, 9.17) is 5.73 Å². The zero-order valence-electron chi connectivity index (χ0n) is 10.5. The maximum absolute atomic E-state index is 6.23. The van der Waals surface area contributed by atoms with E-state index in [1.807, 2.05) is 17.9 Å². The molecular weight excluding hydrogens is 200 g/mol. The lowest BCUT2D eigenvalue weighted by atomic mass is 10.0. The van der Waals surface area contributed by atoms with Gasteiger partial charge < -0.3 is 5.73 Å². The first-order valence-corrected chi connectivity index (χ1v) is 6.13. The Kier molecular flexibility index (Phi) is 3.30. The van der Waals surface area contributed by atoms with E-state index >= 15 is 0 Å². The highest BCUT2D eigenvalue weighted by atomic mass is 15.3. The van der Waals surface area contributed by atoms with Crippen molar-refractivity contribution in [1.82, 2.24) is 14.7 Å². The fourth-order valence-electron chi connectivity index (χ4n) is 2.65. The lowest BCUT2D eigenvalue weighted by Crippen LogP contribution is -2.32. The second kappa shape index (κ2) is 4.55. The van der Waals surface area contributed by atoms with E-state index in [0.29, 0.717) is 6.04 Å². The summed E-state index contributed by atoms with van der Waals surface area (Å²) in [6.07, 6.45) is 4.26. The first kappa shape index (κ1) is 11.6. The van der Waals surface area contributed by atoms with Gasteiger partial charge in [0.2, 0.25) is 0 Å². The molecule has 0 spiro atoms. The van der Waals surface area contributed by atoms with Gasteiger partial charge in [0, 0.05) is 30.9 Å². The Morgan fingerprint density at radius 1 is 1.56 bits per heavy atom. The maximum atomic E-state index is 6.23. The molecule has 2 N–H and O–H groups in total. The second-order valence-corrected chi connectivity index (χ2v) is 4.74. The van der Waals surface area contributed by atoms with Gasteiger partial charge in [-0.1, -0.05) is 6.92 Å². The Labute approximate surface area is 97.4 Å². The maximum Gasteiger partial charge on any atom is 0.0541 e. The van der Waals surface area contributed by atoms with Gasteiger partial charge in [0.15, 0.2) is 0 Å². The standard InChI is InChI=1S/C12H22N4/c1-4-6-16-7-5-11(13)12(16)10-8-14-15(3)9(10)2/h8,11-12H,4-7,13H2,1-3H3/t11-,12+/m0/s1. The largest absolute Gasteiger partial charge is 0.326 e. The van der Waals surface area contributed by atoms with Gasteiger partial charge in [0.05, 0.1) is 12.2 Å². The summed E-state index contributed by atoms with van der Waals surface area (Å²) in [5.41, 5.74) is 8.78. The Morgan fingerprint density at radius 2 is 2.31 bits per heavy atom. The van der Waals surface area contributed by atoms with Crippen LogP contribution >= 0.6 is 0 Å². The molecule has 0 unspecified atom stereocenters. The Morgan fingerprint density at radius 3 is 2.88 bits per heavy atom. The van der Waals surface area contributed by atoms with Crippen molar-refractivity contribution >= 4 is 0 Å². The monoisotopic (exact) mass is 222 g/mol. The van der Waals surface area contributed by atoms with Crippen LogP contribution in [0, 0.1) is 6.92 Å². The first-order chi connectivity index (χ1) is 7.65. The number of nitrogens with two attached hydrogens (primary N) is 1. The fourth-order valence-corrected chi connectivity index (χ4v) is 2.65. The number of aryl methyl sites for hydroxylation is 1. The van der Waals surface area contributed by atoms with E-state index in [-0.39, 0.29) is 6.04 Å². The normalized spacial score (nSPS) is 26.5.